The number of carbonyl (C=O) groups excluding carboxylic acids is 2. The van der Waals surface area contributed by atoms with Crippen molar-refractivity contribution in [2.45, 2.75) is 13.5 Å². The van der Waals surface area contributed by atoms with E-state index >= 15 is 0 Å². The summed E-state index contributed by atoms with van der Waals surface area (Å²) in [6.07, 6.45) is 1.61. The van der Waals surface area contributed by atoms with Gasteiger partial charge in [0.1, 0.15) is 5.76 Å². The second-order valence-electron chi connectivity index (χ2n) is 4.57. The van der Waals surface area contributed by atoms with Crippen LogP contribution < -0.4 is 5.32 Å². The fourth-order valence-electron chi connectivity index (χ4n) is 2.09. The van der Waals surface area contributed by atoms with Crippen molar-refractivity contribution in [1.82, 2.24) is 15.1 Å². The number of amides is 2. The van der Waals surface area contributed by atoms with Crippen molar-refractivity contribution >= 4 is 11.8 Å². The Balaban J connectivity index is 1.68. The minimum Gasteiger partial charge on any atom is -0.468 e. The number of hydrogen-bond donors (Lipinski definition) is 1. The molecule has 1 saturated heterocycles. The average molecular weight is 265 g/mol. The Labute approximate surface area is 112 Å². The first kappa shape index (κ1) is 13.6. The topological polar surface area (TPSA) is 65.8 Å². The van der Waals surface area contributed by atoms with E-state index in [-0.39, 0.29) is 11.8 Å². The molecule has 0 spiro atoms. The Bertz CT molecular complexity index is 422. The van der Waals surface area contributed by atoms with E-state index in [0.717, 1.165) is 5.76 Å². The van der Waals surface area contributed by atoms with Crippen molar-refractivity contribution in [3.63, 3.8) is 0 Å². The molecule has 2 rings (SSSR count). The molecular weight excluding hydrogens is 246 g/mol. The minimum atomic E-state index is 0.0646. The van der Waals surface area contributed by atoms with Crippen molar-refractivity contribution in [1.29, 1.82) is 0 Å². The Morgan fingerprint density at radius 1 is 1.26 bits per heavy atom. The Morgan fingerprint density at radius 3 is 2.53 bits per heavy atom. The van der Waals surface area contributed by atoms with Gasteiger partial charge in [-0.1, -0.05) is 0 Å². The summed E-state index contributed by atoms with van der Waals surface area (Å²) in [5.41, 5.74) is 0. The highest BCUT2D eigenvalue weighted by Gasteiger charge is 2.21. The fourth-order valence-corrected chi connectivity index (χ4v) is 2.09. The molecule has 0 radical (unpaired) electrons. The van der Waals surface area contributed by atoms with Crippen molar-refractivity contribution < 1.29 is 14.0 Å². The van der Waals surface area contributed by atoms with E-state index in [2.05, 4.69) is 5.32 Å². The van der Waals surface area contributed by atoms with Gasteiger partial charge in [0.05, 0.1) is 19.4 Å². The lowest BCUT2D eigenvalue weighted by Gasteiger charge is -2.34. The molecule has 1 aromatic heterocycles. The number of furan rings is 1. The molecule has 0 saturated carbocycles. The van der Waals surface area contributed by atoms with Gasteiger partial charge in [0.2, 0.25) is 11.8 Å². The maximum Gasteiger partial charge on any atom is 0.236 e. The second-order valence-corrected chi connectivity index (χ2v) is 4.57. The first-order valence-electron chi connectivity index (χ1n) is 6.43. The highest BCUT2D eigenvalue weighted by Crippen LogP contribution is 2.02. The molecule has 1 aliphatic heterocycles. The Hall–Kier alpha value is -1.82. The van der Waals surface area contributed by atoms with Crippen LogP contribution in [0.15, 0.2) is 22.8 Å². The van der Waals surface area contributed by atoms with E-state index in [9.17, 15) is 9.59 Å². The molecule has 1 aromatic rings. The molecule has 0 aromatic carbocycles. The molecule has 0 atom stereocenters. The van der Waals surface area contributed by atoms with Gasteiger partial charge in [-0.3, -0.25) is 9.59 Å². The molecule has 2 heterocycles. The van der Waals surface area contributed by atoms with Gasteiger partial charge in [-0.15, -0.1) is 0 Å². The normalized spacial score (nSPS) is 15.6. The molecule has 1 aliphatic rings. The molecule has 6 nitrogen and oxygen atoms in total. The van der Waals surface area contributed by atoms with Crippen molar-refractivity contribution in [3.05, 3.63) is 24.2 Å². The quantitative estimate of drug-likeness (QED) is 0.836. The summed E-state index contributed by atoms with van der Waals surface area (Å²) < 4.78 is 5.17. The van der Waals surface area contributed by atoms with Gasteiger partial charge >= 0.3 is 0 Å². The lowest BCUT2D eigenvalue weighted by molar-refractivity contribution is -0.137. The Kier molecular flexibility index (Phi) is 4.57. The summed E-state index contributed by atoms with van der Waals surface area (Å²) in [7, 11) is 0. The van der Waals surface area contributed by atoms with Crippen LogP contribution in [0.5, 0.6) is 0 Å². The molecular formula is C13H19N3O3. The predicted octanol–water partition coefficient (Wildman–Crippen LogP) is 0.0599. The fraction of sp³-hybridized carbons (Fsp3) is 0.538. The van der Waals surface area contributed by atoms with Gasteiger partial charge in [-0.25, -0.2) is 0 Å². The summed E-state index contributed by atoms with van der Waals surface area (Å²) in [5, 5.41) is 3.05. The van der Waals surface area contributed by atoms with E-state index in [0.29, 0.717) is 39.3 Å². The van der Waals surface area contributed by atoms with Crippen LogP contribution in [0.3, 0.4) is 0 Å². The van der Waals surface area contributed by atoms with Crippen molar-refractivity contribution in [2.75, 3.05) is 32.7 Å². The molecule has 0 unspecified atom stereocenters. The lowest BCUT2D eigenvalue weighted by Crippen LogP contribution is -2.51. The SMILES string of the molecule is CC(=O)N1CCN(C(=O)CNCc2ccco2)CC1. The van der Waals surface area contributed by atoms with Crippen LogP contribution in [0.2, 0.25) is 0 Å². The largest absolute Gasteiger partial charge is 0.468 e. The van der Waals surface area contributed by atoms with Gasteiger partial charge < -0.3 is 19.5 Å². The molecule has 1 N–H and O–H groups in total. The van der Waals surface area contributed by atoms with E-state index in [1.165, 1.54) is 0 Å². The van der Waals surface area contributed by atoms with Crippen molar-refractivity contribution in [2.24, 2.45) is 0 Å². The van der Waals surface area contributed by atoms with Gasteiger partial charge in [0.15, 0.2) is 0 Å². The monoisotopic (exact) mass is 265 g/mol. The maximum absolute atomic E-state index is 11.9. The standard InChI is InChI=1S/C13H19N3O3/c1-11(17)15-4-6-16(7-5-15)13(18)10-14-9-12-3-2-8-19-12/h2-3,8,14H,4-7,9-10H2,1H3. The van der Waals surface area contributed by atoms with Gasteiger partial charge in [0.25, 0.3) is 0 Å². The zero-order valence-electron chi connectivity index (χ0n) is 11.1. The summed E-state index contributed by atoms with van der Waals surface area (Å²) in [6.45, 7) is 4.87. The number of hydrogen-bond acceptors (Lipinski definition) is 4. The van der Waals surface area contributed by atoms with E-state index < -0.39 is 0 Å². The minimum absolute atomic E-state index is 0.0646. The average Bonchev–Trinajstić information content (AvgIpc) is 2.92. The maximum atomic E-state index is 11.9. The zero-order chi connectivity index (χ0) is 13.7. The zero-order valence-corrected chi connectivity index (χ0v) is 11.1. The third kappa shape index (κ3) is 3.82. The number of nitrogens with zero attached hydrogens (tertiary/aromatic N) is 2. The van der Waals surface area contributed by atoms with Gasteiger partial charge in [0, 0.05) is 33.1 Å². The summed E-state index contributed by atoms with van der Waals surface area (Å²) in [6, 6.07) is 3.68. The smallest absolute Gasteiger partial charge is 0.236 e. The molecule has 6 heteroatoms. The third-order valence-corrected chi connectivity index (χ3v) is 3.23. The summed E-state index contributed by atoms with van der Waals surface area (Å²) in [4.78, 5) is 26.7. The number of piperazine rings is 1. The van der Waals surface area contributed by atoms with Crippen molar-refractivity contribution in [3.8, 4) is 0 Å². The highest BCUT2D eigenvalue weighted by molar-refractivity contribution is 5.79. The van der Waals surface area contributed by atoms with Crippen LogP contribution >= 0.6 is 0 Å². The van der Waals surface area contributed by atoms with E-state index in [1.54, 1.807) is 23.0 Å². The van der Waals surface area contributed by atoms with E-state index in [1.807, 2.05) is 12.1 Å². The number of rotatable bonds is 4. The van der Waals surface area contributed by atoms with Gasteiger partial charge in [-0.05, 0) is 12.1 Å². The first-order valence-corrected chi connectivity index (χ1v) is 6.43. The molecule has 0 aliphatic carbocycles. The molecule has 0 bridgehead atoms. The molecule has 19 heavy (non-hydrogen) atoms. The molecule has 2 amide bonds. The van der Waals surface area contributed by atoms with Crippen LogP contribution in [0.25, 0.3) is 0 Å². The molecule has 1 fully saturated rings. The predicted molar refractivity (Wildman–Crippen MR) is 69.2 cm³/mol. The van der Waals surface area contributed by atoms with E-state index in [4.69, 9.17) is 4.42 Å². The van der Waals surface area contributed by atoms with Crippen LogP contribution in [0.1, 0.15) is 12.7 Å². The number of nitrogens with one attached hydrogen (secondary N) is 1. The highest BCUT2D eigenvalue weighted by atomic mass is 16.3. The lowest BCUT2D eigenvalue weighted by atomic mass is 10.3. The van der Waals surface area contributed by atoms with Crippen LogP contribution in [-0.4, -0.2) is 54.3 Å². The van der Waals surface area contributed by atoms with Crippen LogP contribution in [0.4, 0.5) is 0 Å². The first-order chi connectivity index (χ1) is 9.16. The Morgan fingerprint density at radius 2 is 1.95 bits per heavy atom. The summed E-state index contributed by atoms with van der Waals surface area (Å²) in [5.74, 6) is 0.951. The third-order valence-electron chi connectivity index (χ3n) is 3.23. The van der Waals surface area contributed by atoms with Crippen LogP contribution in [-0.2, 0) is 16.1 Å². The van der Waals surface area contributed by atoms with Gasteiger partial charge in [-0.2, -0.15) is 0 Å². The van der Waals surface area contributed by atoms with Crippen LogP contribution in [0, 0.1) is 0 Å². The summed E-state index contributed by atoms with van der Waals surface area (Å²) >= 11 is 0. The molecule has 104 valence electrons. The second kappa shape index (κ2) is 6.38. The number of carbonyl (C=O) groups is 2.